The van der Waals surface area contributed by atoms with E-state index in [-0.39, 0.29) is 0 Å². The van der Waals surface area contributed by atoms with Crippen molar-refractivity contribution in [3.8, 4) is 5.75 Å². The van der Waals surface area contributed by atoms with Crippen LogP contribution in [0.15, 0.2) is 18.2 Å². The SMILES string of the molecule is CC[C@@]12CCCCC(Cc3ccc(OC)cc31)C2NC. The Balaban J connectivity index is 2.16. The lowest BCUT2D eigenvalue weighted by molar-refractivity contribution is 0.196. The molecule has 1 N–H and O–H groups in total. The Morgan fingerprint density at radius 2 is 2.20 bits per heavy atom. The Morgan fingerprint density at radius 3 is 2.90 bits per heavy atom. The van der Waals surface area contributed by atoms with Crippen molar-refractivity contribution < 1.29 is 4.74 Å². The van der Waals surface area contributed by atoms with E-state index >= 15 is 0 Å². The number of rotatable bonds is 3. The summed E-state index contributed by atoms with van der Waals surface area (Å²) in [5, 5.41) is 3.68. The Labute approximate surface area is 122 Å². The van der Waals surface area contributed by atoms with E-state index in [4.69, 9.17) is 4.74 Å². The summed E-state index contributed by atoms with van der Waals surface area (Å²) < 4.78 is 5.49. The molecule has 1 fully saturated rings. The predicted octanol–water partition coefficient (Wildman–Crippen LogP) is 3.68. The molecular formula is C18H27NO. The number of ether oxygens (including phenoxy) is 1. The average Bonchev–Trinajstić information content (AvgIpc) is 2.62. The lowest BCUT2D eigenvalue weighted by atomic mass is 9.60. The second-order valence-electron chi connectivity index (χ2n) is 6.51. The first-order valence-corrected chi connectivity index (χ1v) is 8.10. The predicted molar refractivity (Wildman–Crippen MR) is 83.5 cm³/mol. The van der Waals surface area contributed by atoms with Gasteiger partial charge in [-0.05, 0) is 61.9 Å². The summed E-state index contributed by atoms with van der Waals surface area (Å²) in [6.07, 6.45) is 7.88. The van der Waals surface area contributed by atoms with Crippen LogP contribution in [0.25, 0.3) is 0 Å². The summed E-state index contributed by atoms with van der Waals surface area (Å²) in [5.41, 5.74) is 3.42. The number of fused-ring (bicyclic) bond motifs is 4. The molecule has 0 aliphatic heterocycles. The van der Waals surface area contributed by atoms with Crippen molar-refractivity contribution in [2.24, 2.45) is 5.92 Å². The van der Waals surface area contributed by atoms with E-state index in [1.165, 1.54) is 38.5 Å². The third-order valence-corrected chi connectivity index (χ3v) is 5.79. The standard InChI is InChI=1S/C18H27NO/c1-4-18-10-6-5-7-14(17(18)19-2)11-13-8-9-15(20-3)12-16(13)18/h8-9,12,14,17,19H,4-7,10-11H2,1-3H3/t14?,17?,18-/m1/s1. The normalized spacial score (nSPS) is 32.4. The van der Waals surface area contributed by atoms with Gasteiger partial charge < -0.3 is 10.1 Å². The van der Waals surface area contributed by atoms with Crippen molar-refractivity contribution in [2.45, 2.75) is 56.9 Å². The molecule has 2 unspecified atom stereocenters. The Bertz CT molecular complexity index is 484. The molecule has 2 heteroatoms. The minimum atomic E-state index is 0.304. The van der Waals surface area contributed by atoms with Gasteiger partial charge >= 0.3 is 0 Å². The Kier molecular flexibility index (Phi) is 3.76. The third-order valence-electron chi connectivity index (χ3n) is 5.79. The monoisotopic (exact) mass is 273 g/mol. The summed E-state index contributed by atoms with van der Waals surface area (Å²) in [6, 6.07) is 7.37. The van der Waals surface area contributed by atoms with E-state index in [1.807, 2.05) is 0 Å². The molecule has 0 heterocycles. The molecule has 1 aromatic carbocycles. The first-order chi connectivity index (χ1) is 9.75. The maximum absolute atomic E-state index is 5.49. The molecule has 2 bridgehead atoms. The first kappa shape index (κ1) is 13.9. The lowest BCUT2D eigenvalue weighted by Crippen LogP contribution is -2.54. The van der Waals surface area contributed by atoms with E-state index in [2.05, 4.69) is 37.5 Å². The molecule has 3 rings (SSSR count). The van der Waals surface area contributed by atoms with Gasteiger partial charge in [0.2, 0.25) is 0 Å². The van der Waals surface area contributed by atoms with Crippen LogP contribution < -0.4 is 10.1 Å². The van der Waals surface area contributed by atoms with Crippen LogP contribution in [0.5, 0.6) is 5.75 Å². The number of likely N-dealkylation sites (N-methyl/N-ethyl adjacent to an activating group) is 1. The van der Waals surface area contributed by atoms with Crippen molar-refractivity contribution in [2.75, 3.05) is 14.2 Å². The molecule has 110 valence electrons. The molecule has 0 spiro atoms. The molecule has 0 amide bonds. The van der Waals surface area contributed by atoms with Gasteiger partial charge in [0.15, 0.2) is 0 Å². The summed E-state index contributed by atoms with van der Waals surface area (Å²) in [5.74, 6) is 1.80. The summed E-state index contributed by atoms with van der Waals surface area (Å²) in [7, 11) is 3.92. The summed E-state index contributed by atoms with van der Waals surface area (Å²) in [6.45, 7) is 2.36. The minimum absolute atomic E-state index is 0.304. The highest BCUT2D eigenvalue weighted by atomic mass is 16.5. The molecule has 0 radical (unpaired) electrons. The highest BCUT2D eigenvalue weighted by Gasteiger charge is 2.47. The van der Waals surface area contributed by atoms with Crippen LogP contribution in [0.2, 0.25) is 0 Å². The fourth-order valence-corrected chi connectivity index (χ4v) is 4.85. The topological polar surface area (TPSA) is 21.3 Å². The quantitative estimate of drug-likeness (QED) is 0.907. The van der Waals surface area contributed by atoms with Crippen molar-refractivity contribution in [3.05, 3.63) is 29.3 Å². The fraction of sp³-hybridized carbons (Fsp3) is 0.667. The maximum Gasteiger partial charge on any atom is 0.119 e. The van der Waals surface area contributed by atoms with E-state index in [0.29, 0.717) is 11.5 Å². The smallest absolute Gasteiger partial charge is 0.119 e. The van der Waals surface area contributed by atoms with Crippen LogP contribution in [0.3, 0.4) is 0 Å². The number of hydrogen-bond acceptors (Lipinski definition) is 2. The van der Waals surface area contributed by atoms with E-state index in [9.17, 15) is 0 Å². The number of nitrogens with one attached hydrogen (secondary N) is 1. The van der Waals surface area contributed by atoms with Crippen LogP contribution in [0.4, 0.5) is 0 Å². The molecule has 0 saturated heterocycles. The molecule has 20 heavy (non-hydrogen) atoms. The fourth-order valence-electron chi connectivity index (χ4n) is 4.85. The van der Waals surface area contributed by atoms with Crippen LogP contribution in [0.1, 0.15) is 50.2 Å². The van der Waals surface area contributed by atoms with Gasteiger partial charge in [0.25, 0.3) is 0 Å². The maximum atomic E-state index is 5.49. The minimum Gasteiger partial charge on any atom is -0.497 e. The van der Waals surface area contributed by atoms with Gasteiger partial charge in [-0.15, -0.1) is 0 Å². The van der Waals surface area contributed by atoms with Crippen LogP contribution in [0, 0.1) is 5.92 Å². The average molecular weight is 273 g/mol. The van der Waals surface area contributed by atoms with Gasteiger partial charge in [-0.25, -0.2) is 0 Å². The number of benzene rings is 1. The van der Waals surface area contributed by atoms with Gasteiger partial charge in [0, 0.05) is 11.5 Å². The molecular weight excluding hydrogens is 246 g/mol. The second-order valence-corrected chi connectivity index (χ2v) is 6.51. The molecule has 1 saturated carbocycles. The van der Waals surface area contributed by atoms with Gasteiger partial charge in [0.05, 0.1) is 7.11 Å². The molecule has 3 atom stereocenters. The van der Waals surface area contributed by atoms with E-state index in [1.54, 1.807) is 18.2 Å². The van der Waals surface area contributed by atoms with Crippen LogP contribution in [-0.4, -0.2) is 20.2 Å². The molecule has 2 aliphatic rings. The van der Waals surface area contributed by atoms with Crippen molar-refractivity contribution in [1.82, 2.24) is 5.32 Å². The molecule has 2 aliphatic carbocycles. The number of methoxy groups -OCH3 is 1. The molecule has 1 aromatic rings. The second kappa shape index (κ2) is 5.40. The van der Waals surface area contributed by atoms with E-state index in [0.717, 1.165) is 11.7 Å². The highest BCUT2D eigenvalue weighted by molar-refractivity contribution is 5.45. The molecule has 0 aromatic heterocycles. The van der Waals surface area contributed by atoms with Crippen LogP contribution >= 0.6 is 0 Å². The number of hydrogen-bond donors (Lipinski definition) is 1. The lowest BCUT2D eigenvalue weighted by Gasteiger charge is -2.48. The van der Waals surface area contributed by atoms with Crippen molar-refractivity contribution in [1.29, 1.82) is 0 Å². The summed E-state index contributed by atoms with van der Waals surface area (Å²) in [4.78, 5) is 0. The Hall–Kier alpha value is -1.02. The van der Waals surface area contributed by atoms with E-state index < -0.39 is 0 Å². The van der Waals surface area contributed by atoms with Gasteiger partial charge in [-0.1, -0.05) is 25.8 Å². The zero-order valence-electron chi connectivity index (χ0n) is 13.0. The van der Waals surface area contributed by atoms with Crippen LogP contribution in [-0.2, 0) is 11.8 Å². The van der Waals surface area contributed by atoms with Gasteiger partial charge in [0.1, 0.15) is 5.75 Å². The Morgan fingerprint density at radius 1 is 1.35 bits per heavy atom. The first-order valence-electron chi connectivity index (χ1n) is 8.10. The van der Waals surface area contributed by atoms with Crippen molar-refractivity contribution >= 4 is 0 Å². The third kappa shape index (κ3) is 1.96. The highest BCUT2D eigenvalue weighted by Crippen LogP contribution is 2.49. The largest absolute Gasteiger partial charge is 0.497 e. The van der Waals surface area contributed by atoms with Crippen molar-refractivity contribution in [3.63, 3.8) is 0 Å². The summed E-state index contributed by atoms with van der Waals surface area (Å²) >= 11 is 0. The van der Waals surface area contributed by atoms with Gasteiger partial charge in [-0.3, -0.25) is 0 Å². The molecule has 2 nitrogen and oxygen atoms in total. The van der Waals surface area contributed by atoms with Gasteiger partial charge in [-0.2, -0.15) is 0 Å². The zero-order chi connectivity index (χ0) is 14.2. The zero-order valence-corrected chi connectivity index (χ0v) is 13.0.